The minimum absolute atomic E-state index is 0.0818. The van der Waals surface area contributed by atoms with Gasteiger partial charge in [-0.3, -0.25) is 19.2 Å². The van der Waals surface area contributed by atoms with Crippen molar-refractivity contribution in [3.8, 4) is 0 Å². The predicted molar refractivity (Wildman–Crippen MR) is 88.1 cm³/mol. The molecule has 1 aromatic rings. The van der Waals surface area contributed by atoms with Gasteiger partial charge in [0.2, 0.25) is 11.8 Å². The van der Waals surface area contributed by atoms with Crippen LogP contribution in [0.15, 0.2) is 12.7 Å². The normalized spacial score (nSPS) is 26.0. The number of aryl methyl sites for hydroxylation is 1. The van der Waals surface area contributed by atoms with Gasteiger partial charge in [0, 0.05) is 51.6 Å². The average Bonchev–Trinajstić information content (AvgIpc) is 3.06. The maximum atomic E-state index is 12.6. The topological polar surface area (TPSA) is 74.6 Å². The van der Waals surface area contributed by atoms with Gasteiger partial charge in [0.15, 0.2) is 0 Å². The monoisotopic (exact) mass is 334 g/mol. The molecule has 1 spiro atoms. The van der Waals surface area contributed by atoms with Crippen LogP contribution in [-0.4, -0.2) is 87.1 Å². The Morgan fingerprint density at radius 1 is 1.25 bits per heavy atom. The third kappa shape index (κ3) is 3.43. The molecule has 0 bridgehead atoms. The van der Waals surface area contributed by atoms with Crippen LogP contribution in [0.4, 0.5) is 0 Å². The average molecular weight is 334 g/mol. The van der Waals surface area contributed by atoms with Crippen molar-refractivity contribution >= 4 is 11.8 Å². The van der Waals surface area contributed by atoms with Crippen molar-refractivity contribution in [3.05, 3.63) is 12.7 Å². The molecule has 0 N–H and O–H groups in total. The van der Waals surface area contributed by atoms with E-state index in [1.165, 1.54) is 6.33 Å². The molecule has 0 aromatic carbocycles. The van der Waals surface area contributed by atoms with E-state index >= 15 is 0 Å². The van der Waals surface area contributed by atoms with Crippen molar-refractivity contribution < 1.29 is 9.59 Å². The van der Waals surface area contributed by atoms with Crippen LogP contribution in [0.5, 0.6) is 0 Å². The van der Waals surface area contributed by atoms with Gasteiger partial charge in [-0.15, -0.1) is 0 Å². The molecule has 3 rings (SSSR count). The standard InChI is InChI=1S/C16H26N6O2/c1-19-8-6-16(5-3-14(19)23)11-21(10-9-20(16)2)15(24)4-7-22-13-17-12-18-22/h12-13H,3-11H2,1-2H3. The lowest BCUT2D eigenvalue weighted by Gasteiger charge is -2.49. The number of amides is 2. The van der Waals surface area contributed by atoms with Gasteiger partial charge in [-0.05, 0) is 19.9 Å². The first-order valence-electron chi connectivity index (χ1n) is 8.56. The summed E-state index contributed by atoms with van der Waals surface area (Å²) in [6.45, 7) is 3.62. The van der Waals surface area contributed by atoms with E-state index in [9.17, 15) is 9.59 Å². The van der Waals surface area contributed by atoms with Gasteiger partial charge in [-0.25, -0.2) is 4.98 Å². The summed E-state index contributed by atoms with van der Waals surface area (Å²) in [5, 5.41) is 4.04. The molecule has 8 heteroatoms. The molecule has 2 fully saturated rings. The van der Waals surface area contributed by atoms with E-state index in [4.69, 9.17) is 0 Å². The zero-order valence-corrected chi connectivity index (χ0v) is 14.5. The van der Waals surface area contributed by atoms with E-state index in [1.807, 2.05) is 16.8 Å². The highest BCUT2D eigenvalue weighted by atomic mass is 16.2. The van der Waals surface area contributed by atoms with Crippen LogP contribution in [0.1, 0.15) is 25.7 Å². The summed E-state index contributed by atoms with van der Waals surface area (Å²) in [6, 6.07) is 0. The lowest BCUT2D eigenvalue weighted by atomic mass is 9.86. The molecule has 2 aliphatic rings. The Balaban J connectivity index is 1.64. The summed E-state index contributed by atoms with van der Waals surface area (Å²) in [7, 11) is 3.98. The third-order valence-electron chi connectivity index (χ3n) is 5.52. The number of likely N-dealkylation sites (N-methyl/N-ethyl adjacent to an activating group) is 1. The number of hydrogen-bond acceptors (Lipinski definition) is 5. The van der Waals surface area contributed by atoms with Crippen LogP contribution in [0.2, 0.25) is 0 Å². The van der Waals surface area contributed by atoms with Crippen molar-refractivity contribution in [2.24, 2.45) is 0 Å². The first kappa shape index (κ1) is 16.9. The van der Waals surface area contributed by atoms with Crippen molar-refractivity contribution in [2.75, 3.05) is 40.3 Å². The first-order chi connectivity index (χ1) is 11.5. The smallest absolute Gasteiger partial charge is 0.224 e. The zero-order chi connectivity index (χ0) is 17.2. The van der Waals surface area contributed by atoms with Crippen molar-refractivity contribution in [1.29, 1.82) is 0 Å². The van der Waals surface area contributed by atoms with Crippen molar-refractivity contribution in [3.63, 3.8) is 0 Å². The highest BCUT2D eigenvalue weighted by molar-refractivity contribution is 5.77. The van der Waals surface area contributed by atoms with E-state index in [0.717, 1.165) is 32.5 Å². The number of carbonyl (C=O) groups excluding carboxylic acids is 2. The fourth-order valence-corrected chi connectivity index (χ4v) is 3.69. The number of carbonyl (C=O) groups is 2. The van der Waals surface area contributed by atoms with E-state index < -0.39 is 0 Å². The second kappa shape index (κ2) is 6.88. The number of likely N-dealkylation sites (tertiary alicyclic amines) is 1. The Hall–Kier alpha value is -1.96. The largest absolute Gasteiger partial charge is 0.346 e. The number of piperazine rings is 1. The van der Waals surface area contributed by atoms with Crippen LogP contribution in [-0.2, 0) is 16.1 Å². The van der Waals surface area contributed by atoms with Crippen LogP contribution < -0.4 is 0 Å². The second-order valence-electron chi connectivity index (χ2n) is 6.94. The van der Waals surface area contributed by atoms with E-state index in [1.54, 1.807) is 11.0 Å². The van der Waals surface area contributed by atoms with Gasteiger partial charge in [-0.1, -0.05) is 0 Å². The van der Waals surface area contributed by atoms with Crippen molar-refractivity contribution in [1.82, 2.24) is 29.5 Å². The number of aromatic nitrogens is 3. The Labute approximate surface area is 142 Å². The van der Waals surface area contributed by atoms with Gasteiger partial charge in [0.25, 0.3) is 0 Å². The zero-order valence-electron chi connectivity index (χ0n) is 14.5. The molecule has 3 heterocycles. The van der Waals surface area contributed by atoms with Gasteiger partial charge in [0.1, 0.15) is 12.7 Å². The summed E-state index contributed by atoms with van der Waals surface area (Å²) in [4.78, 5) is 34.6. The molecule has 1 atom stereocenters. The molecule has 2 saturated heterocycles. The van der Waals surface area contributed by atoms with Gasteiger partial charge >= 0.3 is 0 Å². The number of nitrogens with zero attached hydrogens (tertiary/aromatic N) is 6. The summed E-state index contributed by atoms with van der Waals surface area (Å²) in [5.41, 5.74) is -0.0818. The molecule has 1 aromatic heterocycles. The Morgan fingerprint density at radius 2 is 2.08 bits per heavy atom. The molecule has 24 heavy (non-hydrogen) atoms. The molecule has 2 aliphatic heterocycles. The molecule has 0 saturated carbocycles. The van der Waals surface area contributed by atoms with Gasteiger partial charge in [-0.2, -0.15) is 5.10 Å². The molecule has 8 nitrogen and oxygen atoms in total. The molecular weight excluding hydrogens is 308 g/mol. The van der Waals surface area contributed by atoms with Crippen LogP contribution in [0.25, 0.3) is 0 Å². The third-order valence-corrected chi connectivity index (χ3v) is 5.52. The Bertz CT molecular complexity index is 589. The molecular formula is C16H26N6O2. The first-order valence-corrected chi connectivity index (χ1v) is 8.56. The number of rotatable bonds is 3. The van der Waals surface area contributed by atoms with E-state index in [2.05, 4.69) is 22.0 Å². The second-order valence-corrected chi connectivity index (χ2v) is 6.94. The quantitative estimate of drug-likeness (QED) is 0.767. The van der Waals surface area contributed by atoms with Crippen LogP contribution in [0, 0.1) is 0 Å². The SMILES string of the molecule is CN1CCC2(CCC1=O)CN(C(=O)CCn1cncn1)CCN2C. The molecule has 0 radical (unpaired) electrons. The molecule has 2 amide bonds. The summed E-state index contributed by atoms with van der Waals surface area (Å²) in [6.07, 6.45) is 5.84. The van der Waals surface area contributed by atoms with Gasteiger partial charge in [0.05, 0.1) is 6.54 Å². The summed E-state index contributed by atoms with van der Waals surface area (Å²) < 4.78 is 1.68. The fourth-order valence-electron chi connectivity index (χ4n) is 3.69. The highest BCUT2D eigenvalue weighted by Crippen LogP contribution is 2.32. The minimum atomic E-state index is -0.0818. The number of hydrogen-bond donors (Lipinski definition) is 0. The van der Waals surface area contributed by atoms with Crippen LogP contribution in [0.3, 0.4) is 0 Å². The Kier molecular flexibility index (Phi) is 4.84. The van der Waals surface area contributed by atoms with E-state index in [0.29, 0.717) is 25.9 Å². The van der Waals surface area contributed by atoms with E-state index in [-0.39, 0.29) is 17.4 Å². The fraction of sp³-hybridized carbons (Fsp3) is 0.750. The molecule has 0 aliphatic carbocycles. The van der Waals surface area contributed by atoms with Crippen LogP contribution >= 0.6 is 0 Å². The maximum Gasteiger partial charge on any atom is 0.224 e. The van der Waals surface area contributed by atoms with Crippen molar-refractivity contribution in [2.45, 2.75) is 37.8 Å². The summed E-state index contributed by atoms with van der Waals surface area (Å²) >= 11 is 0. The Morgan fingerprint density at radius 3 is 2.83 bits per heavy atom. The minimum Gasteiger partial charge on any atom is -0.346 e. The predicted octanol–water partition coefficient (Wildman–Crippen LogP) is -0.177. The maximum absolute atomic E-state index is 12.6. The molecule has 1 unspecified atom stereocenters. The highest BCUT2D eigenvalue weighted by Gasteiger charge is 2.42. The summed E-state index contributed by atoms with van der Waals surface area (Å²) in [5.74, 6) is 0.358. The lowest BCUT2D eigenvalue weighted by Crippen LogP contribution is -2.62. The molecule has 132 valence electrons. The van der Waals surface area contributed by atoms with Gasteiger partial charge < -0.3 is 9.80 Å². The lowest BCUT2D eigenvalue weighted by molar-refractivity contribution is -0.137.